The van der Waals surface area contributed by atoms with Crippen LogP contribution in [0.25, 0.3) is 0 Å². The second-order valence-corrected chi connectivity index (χ2v) is 8.16. The van der Waals surface area contributed by atoms with Gasteiger partial charge in [-0.3, -0.25) is 4.90 Å². The number of aromatic nitrogens is 1. The number of nitro groups is 1. The molecule has 2 heterocycles. The topological polar surface area (TPSA) is 124 Å². The van der Waals surface area contributed by atoms with E-state index in [1.165, 1.54) is 25.3 Å². The number of pyridine rings is 1. The third-order valence-corrected chi connectivity index (χ3v) is 5.63. The number of hydrogen-bond acceptors (Lipinski definition) is 9. The summed E-state index contributed by atoms with van der Waals surface area (Å²) in [5, 5.41) is 14.3. The molecule has 10 nitrogen and oxygen atoms in total. The number of hydrogen-bond donors (Lipinski definition) is 1. The van der Waals surface area contributed by atoms with Gasteiger partial charge in [0.25, 0.3) is 0 Å². The summed E-state index contributed by atoms with van der Waals surface area (Å²) in [6, 6.07) is 14.2. The minimum atomic E-state index is -0.988. The van der Waals surface area contributed by atoms with Crippen LogP contribution in [0.5, 0.6) is 0 Å². The Balaban J connectivity index is 1.84. The maximum atomic E-state index is 13.2. The van der Waals surface area contributed by atoms with Gasteiger partial charge in [0.2, 0.25) is 0 Å². The van der Waals surface area contributed by atoms with E-state index >= 15 is 0 Å². The molecule has 184 valence electrons. The van der Waals surface area contributed by atoms with Gasteiger partial charge in [0, 0.05) is 30.5 Å². The summed E-state index contributed by atoms with van der Waals surface area (Å²) in [6.07, 6.45) is 0. The molecule has 0 bridgehead atoms. The monoisotopic (exact) mass is 480 g/mol. The molecule has 3 rings (SSSR count). The summed E-state index contributed by atoms with van der Waals surface area (Å²) in [4.78, 5) is 42.7. The molecule has 10 heteroatoms. The van der Waals surface area contributed by atoms with Crippen LogP contribution in [0.4, 0.5) is 5.82 Å². The molecule has 1 aliphatic rings. The number of ether oxygens (including phenoxy) is 2. The zero-order valence-corrected chi connectivity index (χ0v) is 20.1. The van der Waals surface area contributed by atoms with Crippen molar-refractivity contribution >= 4 is 17.8 Å². The fourth-order valence-electron chi connectivity index (χ4n) is 3.99. The standard InChI is InChI=1S/C25H28N4O6/c1-16-21(24(30)34-4)23(19-11-8-12-20(27-19)29(32)33)22(17(2)26-16)25(31)35-14-13-28(3)15-18-9-6-5-7-10-18/h5-12,23,26H,13-15H2,1-4H3. The van der Waals surface area contributed by atoms with E-state index in [0.717, 1.165) is 5.56 Å². The number of likely N-dealkylation sites (N-methyl/N-ethyl adjacent to an activating group) is 1. The maximum Gasteiger partial charge on any atom is 0.363 e. The van der Waals surface area contributed by atoms with Crippen LogP contribution in [-0.4, -0.2) is 54.1 Å². The number of carbonyl (C=O) groups excluding carboxylic acids is 2. The molecule has 1 unspecified atom stereocenters. The Hall–Kier alpha value is -4.05. The van der Waals surface area contributed by atoms with Gasteiger partial charge in [0.15, 0.2) is 5.69 Å². The van der Waals surface area contributed by atoms with E-state index in [2.05, 4.69) is 10.3 Å². The van der Waals surface area contributed by atoms with Gasteiger partial charge in [0.05, 0.1) is 24.2 Å². The Kier molecular flexibility index (Phi) is 8.32. The molecule has 0 fully saturated rings. The number of carbonyl (C=O) groups is 2. The van der Waals surface area contributed by atoms with Crippen molar-refractivity contribution in [1.82, 2.24) is 15.2 Å². The van der Waals surface area contributed by atoms with Gasteiger partial charge >= 0.3 is 17.8 Å². The highest BCUT2D eigenvalue weighted by Crippen LogP contribution is 2.38. The fraction of sp³-hybridized carbons (Fsp3) is 0.320. The van der Waals surface area contributed by atoms with Crippen LogP contribution in [0.3, 0.4) is 0 Å². The van der Waals surface area contributed by atoms with Crippen LogP contribution in [0, 0.1) is 10.1 Å². The Labute approximate surface area is 203 Å². The van der Waals surface area contributed by atoms with Crippen LogP contribution in [-0.2, 0) is 25.6 Å². The lowest BCUT2D eigenvalue weighted by atomic mass is 9.82. The first kappa shape index (κ1) is 25.6. The van der Waals surface area contributed by atoms with Crippen LogP contribution in [0.1, 0.15) is 31.0 Å². The molecule has 0 radical (unpaired) electrons. The average Bonchev–Trinajstić information content (AvgIpc) is 2.83. The zero-order valence-electron chi connectivity index (χ0n) is 20.1. The van der Waals surface area contributed by atoms with Crippen LogP contribution in [0.15, 0.2) is 71.1 Å². The molecule has 1 atom stereocenters. The van der Waals surface area contributed by atoms with Crippen LogP contribution >= 0.6 is 0 Å². The van der Waals surface area contributed by atoms with E-state index in [-0.39, 0.29) is 23.4 Å². The van der Waals surface area contributed by atoms with E-state index in [9.17, 15) is 19.7 Å². The Morgan fingerprint density at radius 2 is 1.71 bits per heavy atom. The molecule has 0 spiro atoms. The molecule has 0 amide bonds. The Bertz CT molecular complexity index is 1180. The van der Waals surface area contributed by atoms with Crippen molar-refractivity contribution in [2.75, 3.05) is 27.3 Å². The van der Waals surface area contributed by atoms with E-state index in [0.29, 0.717) is 24.5 Å². The number of esters is 2. The third-order valence-electron chi connectivity index (χ3n) is 5.63. The highest BCUT2D eigenvalue weighted by Gasteiger charge is 2.41. The summed E-state index contributed by atoms with van der Waals surface area (Å²) in [5.41, 5.74) is 2.53. The average molecular weight is 481 g/mol. The smallest absolute Gasteiger partial charge is 0.363 e. The molecule has 1 aliphatic heterocycles. The first-order chi connectivity index (χ1) is 16.7. The minimum absolute atomic E-state index is 0.115. The number of benzene rings is 1. The van der Waals surface area contributed by atoms with Crippen molar-refractivity contribution < 1.29 is 24.0 Å². The summed E-state index contributed by atoms with van der Waals surface area (Å²) < 4.78 is 10.5. The van der Waals surface area contributed by atoms with Crippen molar-refractivity contribution in [3.8, 4) is 0 Å². The second kappa shape index (κ2) is 11.4. The van der Waals surface area contributed by atoms with Crippen LogP contribution in [0.2, 0.25) is 0 Å². The lowest BCUT2D eigenvalue weighted by Crippen LogP contribution is -2.33. The van der Waals surface area contributed by atoms with Crippen molar-refractivity contribution in [1.29, 1.82) is 0 Å². The molecule has 2 aromatic rings. The van der Waals surface area contributed by atoms with Crippen molar-refractivity contribution in [3.63, 3.8) is 0 Å². The Morgan fingerprint density at radius 1 is 1.06 bits per heavy atom. The molecular formula is C25H28N4O6. The van der Waals surface area contributed by atoms with Gasteiger partial charge in [-0.15, -0.1) is 0 Å². The second-order valence-electron chi connectivity index (χ2n) is 8.16. The molecule has 0 aliphatic carbocycles. The quantitative estimate of drug-likeness (QED) is 0.327. The highest BCUT2D eigenvalue weighted by atomic mass is 16.6. The SMILES string of the molecule is COC(=O)C1=C(C)NC(C)=C(C(=O)OCCN(C)Cc2ccccc2)C1c1cccc([N+](=O)[O-])n1. The predicted octanol–water partition coefficient (Wildman–Crippen LogP) is 3.07. The number of allylic oxidation sites excluding steroid dienone is 2. The zero-order chi connectivity index (χ0) is 25.5. The van der Waals surface area contributed by atoms with Crippen LogP contribution < -0.4 is 5.32 Å². The molecular weight excluding hydrogens is 452 g/mol. The third kappa shape index (κ3) is 6.10. The first-order valence-electron chi connectivity index (χ1n) is 11.0. The summed E-state index contributed by atoms with van der Waals surface area (Å²) in [7, 11) is 3.15. The van der Waals surface area contributed by atoms with Crippen molar-refractivity contribution in [2.45, 2.75) is 26.3 Å². The number of nitrogens with one attached hydrogen (secondary N) is 1. The van der Waals surface area contributed by atoms with Crippen molar-refractivity contribution in [3.05, 3.63) is 92.4 Å². The molecule has 1 N–H and O–H groups in total. The van der Waals surface area contributed by atoms with E-state index < -0.39 is 28.6 Å². The molecule has 1 aromatic carbocycles. The maximum absolute atomic E-state index is 13.2. The van der Waals surface area contributed by atoms with Gasteiger partial charge < -0.3 is 24.9 Å². The molecule has 0 saturated carbocycles. The number of nitrogens with zero attached hydrogens (tertiary/aromatic N) is 3. The van der Waals surface area contributed by atoms with Gasteiger partial charge in [-0.25, -0.2) is 9.59 Å². The highest BCUT2D eigenvalue weighted by molar-refractivity contribution is 5.99. The Morgan fingerprint density at radius 3 is 2.34 bits per heavy atom. The van der Waals surface area contributed by atoms with Gasteiger partial charge in [-0.2, -0.15) is 0 Å². The minimum Gasteiger partial charge on any atom is -0.466 e. The molecule has 1 aromatic heterocycles. The van der Waals surface area contributed by atoms with Crippen molar-refractivity contribution in [2.24, 2.45) is 0 Å². The first-order valence-corrected chi connectivity index (χ1v) is 11.0. The van der Waals surface area contributed by atoms with E-state index in [4.69, 9.17) is 9.47 Å². The summed E-state index contributed by atoms with van der Waals surface area (Å²) in [6.45, 7) is 4.64. The lowest BCUT2D eigenvalue weighted by Gasteiger charge is -2.28. The lowest BCUT2D eigenvalue weighted by molar-refractivity contribution is -0.389. The summed E-state index contributed by atoms with van der Waals surface area (Å²) in [5.74, 6) is -2.70. The summed E-state index contributed by atoms with van der Waals surface area (Å²) >= 11 is 0. The van der Waals surface area contributed by atoms with Gasteiger partial charge in [0.1, 0.15) is 6.61 Å². The van der Waals surface area contributed by atoms with E-state index in [1.54, 1.807) is 13.8 Å². The van der Waals surface area contributed by atoms with Gasteiger partial charge in [-0.05, 0) is 48.5 Å². The molecule has 0 saturated heterocycles. The normalized spacial score (nSPS) is 15.6. The number of methoxy groups -OCH3 is 1. The number of rotatable bonds is 9. The predicted molar refractivity (Wildman–Crippen MR) is 128 cm³/mol. The largest absolute Gasteiger partial charge is 0.466 e. The van der Waals surface area contributed by atoms with E-state index in [1.807, 2.05) is 42.3 Å². The number of dihydropyridines is 1. The van der Waals surface area contributed by atoms with Gasteiger partial charge in [-0.1, -0.05) is 30.3 Å². The molecule has 35 heavy (non-hydrogen) atoms. The fourth-order valence-corrected chi connectivity index (χ4v) is 3.99.